The molecule has 0 saturated heterocycles. The number of aliphatic hydroxyl groups is 2. The van der Waals surface area contributed by atoms with Crippen molar-refractivity contribution < 1.29 is 14.9 Å². The maximum absolute atomic E-state index is 9.80. The Morgan fingerprint density at radius 1 is 1.53 bits per heavy atom. The van der Waals surface area contributed by atoms with Crippen LogP contribution < -0.4 is 11.2 Å². The van der Waals surface area contributed by atoms with Gasteiger partial charge in [-0.1, -0.05) is 12.1 Å². The number of hydrogen-bond acceptors (Lipinski definition) is 4. The molecule has 2 atom stereocenters. The van der Waals surface area contributed by atoms with Crippen LogP contribution in [0.15, 0.2) is 18.2 Å². The first-order chi connectivity index (χ1) is 8.10. The summed E-state index contributed by atoms with van der Waals surface area (Å²) in [6.45, 7) is 1.89. The minimum atomic E-state index is -0.705. The Labute approximate surface area is 116 Å². The second kappa shape index (κ2) is 7.32. The Hall–Kier alpha value is -0.145. The third-order valence-corrected chi connectivity index (χ3v) is 3.28. The highest BCUT2D eigenvalue weighted by Crippen LogP contribution is 2.12. The van der Waals surface area contributed by atoms with E-state index in [0.717, 1.165) is 14.6 Å². The molecule has 0 aliphatic carbocycles. The molecule has 1 aromatic rings. The summed E-state index contributed by atoms with van der Waals surface area (Å²) in [6.07, 6.45) is -0.974. The van der Waals surface area contributed by atoms with Crippen LogP contribution in [-0.2, 0) is 4.65 Å². The molecule has 17 heavy (non-hydrogen) atoms. The van der Waals surface area contributed by atoms with Gasteiger partial charge < -0.3 is 20.6 Å². The molecule has 0 fully saturated rings. The van der Waals surface area contributed by atoms with Gasteiger partial charge in [0.1, 0.15) is 0 Å². The number of benzene rings is 1. The zero-order chi connectivity index (χ0) is 12.8. The van der Waals surface area contributed by atoms with Crippen molar-refractivity contribution in [1.29, 1.82) is 0 Å². The molecule has 1 rings (SSSR count). The molecule has 0 aliphatic rings. The predicted molar refractivity (Wildman–Crippen MR) is 76.2 cm³/mol. The van der Waals surface area contributed by atoms with E-state index in [4.69, 9.17) is 15.5 Å². The van der Waals surface area contributed by atoms with E-state index in [2.05, 4.69) is 22.6 Å². The van der Waals surface area contributed by atoms with Gasteiger partial charge in [0.2, 0.25) is 0 Å². The van der Waals surface area contributed by atoms with Crippen molar-refractivity contribution in [3.05, 3.63) is 27.3 Å². The summed E-state index contributed by atoms with van der Waals surface area (Å²) in [4.78, 5) is 0. The van der Waals surface area contributed by atoms with Crippen molar-refractivity contribution in [3.8, 4) is 0 Å². The lowest BCUT2D eigenvalue weighted by Gasteiger charge is -2.16. The normalized spacial score (nSPS) is 14.4. The van der Waals surface area contributed by atoms with Gasteiger partial charge in [-0.3, -0.25) is 0 Å². The van der Waals surface area contributed by atoms with Gasteiger partial charge in [-0.25, -0.2) is 0 Å². The molecule has 0 spiro atoms. The Morgan fingerprint density at radius 2 is 2.24 bits per heavy atom. The lowest BCUT2D eigenvalue weighted by Crippen LogP contribution is -2.31. The minimum Gasteiger partial charge on any atom is -0.429 e. The van der Waals surface area contributed by atoms with Crippen LogP contribution in [-0.4, -0.2) is 37.0 Å². The summed E-state index contributed by atoms with van der Waals surface area (Å²) in [5.74, 6) is 0. The largest absolute Gasteiger partial charge is 0.429 e. The fourth-order valence-electron chi connectivity index (χ4n) is 1.32. The summed E-state index contributed by atoms with van der Waals surface area (Å²) in [7, 11) is 1.57. The first-order valence-electron chi connectivity index (χ1n) is 5.36. The minimum absolute atomic E-state index is 0.0469. The van der Waals surface area contributed by atoms with Gasteiger partial charge in [-0.15, -0.1) is 0 Å². The second-order valence-corrected chi connectivity index (χ2v) is 4.90. The van der Waals surface area contributed by atoms with E-state index < -0.39 is 6.10 Å². The van der Waals surface area contributed by atoms with Gasteiger partial charge in [0.15, 0.2) is 0 Å². The van der Waals surface area contributed by atoms with Gasteiger partial charge in [0.25, 0.3) is 0 Å². The molecule has 0 amide bonds. The van der Waals surface area contributed by atoms with Crippen molar-refractivity contribution in [2.45, 2.75) is 19.1 Å². The molecule has 0 aromatic heterocycles. The molecule has 0 saturated carbocycles. The standard InChI is InChI=1S/C11H16BINO3/c1-7(6-15)17-12-11-8(10(16)5-14)3-2-4-9(11)13/h2-4,7,10,15-16H,5-6,14H2,1H3. The summed E-state index contributed by atoms with van der Waals surface area (Å²) in [5, 5.41) is 18.7. The fraction of sp³-hybridized carbons (Fsp3) is 0.455. The van der Waals surface area contributed by atoms with Gasteiger partial charge in [-0.2, -0.15) is 0 Å². The zero-order valence-electron chi connectivity index (χ0n) is 9.64. The van der Waals surface area contributed by atoms with Crippen molar-refractivity contribution in [3.63, 3.8) is 0 Å². The van der Waals surface area contributed by atoms with Crippen molar-refractivity contribution >= 4 is 35.5 Å². The van der Waals surface area contributed by atoms with E-state index in [0.29, 0.717) is 0 Å². The third kappa shape index (κ3) is 4.22. The second-order valence-electron chi connectivity index (χ2n) is 3.74. The molecule has 4 N–H and O–H groups in total. The quantitative estimate of drug-likeness (QED) is 0.497. The van der Waals surface area contributed by atoms with E-state index in [1.807, 2.05) is 18.2 Å². The number of nitrogens with two attached hydrogens (primary N) is 1. The van der Waals surface area contributed by atoms with Gasteiger partial charge in [0.05, 0.1) is 18.8 Å². The van der Waals surface area contributed by atoms with Crippen LogP contribution in [0.25, 0.3) is 0 Å². The highest BCUT2D eigenvalue weighted by Gasteiger charge is 2.15. The first-order valence-corrected chi connectivity index (χ1v) is 6.44. The first kappa shape index (κ1) is 14.9. The maximum atomic E-state index is 9.80. The Morgan fingerprint density at radius 3 is 2.82 bits per heavy atom. The van der Waals surface area contributed by atoms with E-state index in [1.54, 1.807) is 14.4 Å². The van der Waals surface area contributed by atoms with Crippen molar-refractivity contribution in [1.82, 2.24) is 0 Å². The molecule has 1 radical (unpaired) electrons. The average Bonchev–Trinajstić information content (AvgIpc) is 2.35. The van der Waals surface area contributed by atoms with Crippen LogP contribution in [0.3, 0.4) is 0 Å². The molecule has 0 heterocycles. The molecular weight excluding hydrogens is 332 g/mol. The summed E-state index contributed by atoms with van der Waals surface area (Å²) in [5.41, 5.74) is 7.01. The molecule has 6 heteroatoms. The number of halogens is 1. The monoisotopic (exact) mass is 348 g/mol. The summed E-state index contributed by atoms with van der Waals surface area (Å²) >= 11 is 2.17. The Bertz CT molecular complexity index is 365. The number of rotatable bonds is 6. The van der Waals surface area contributed by atoms with Gasteiger partial charge in [-0.05, 0) is 46.6 Å². The van der Waals surface area contributed by atoms with E-state index in [1.165, 1.54) is 0 Å². The highest BCUT2D eigenvalue weighted by molar-refractivity contribution is 14.1. The average molecular weight is 348 g/mol. The summed E-state index contributed by atoms with van der Waals surface area (Å²) < 4.78 is 6.33. The smallest absolute Gasteiger partial charge is 0.331 e. The van der Waals surface area contributed by atoms with E-state index in [9.17, 15) is 5.11 Å². The lowest BCUT2D eigenvalue weighted by molar-refractivity contribution is 0.136. The number of hydrogen-bond donors (Lipinski definition) is 3. The maximum Gasteiger partial charge on any atom is 0.331 e. The molecule has 0 aliphatic heterocycles. The lowest BCUT2D eigenvalue weighted by atomic mass is 9.81. The topological polar surface area (TPSA) is 75.7 Å². The molecule has 2 unspecified atom stereocenters. The van der Waals surface area contributed by atoms with E-state index in [-0.39, 0.29) is 19.3 Å². The Balaban J connectivity index is 2.88. The van der Waals surface area contributed by atoms with Crippen LogP contribution in [0.2, 0.25) is 0 Å². The zero-order valence-corrected chi connectivity index (χ0v) is 11.8. The van der Waals surface area contributed by atoms with Crippen LogP contribution in [0.1, 0.15) is 18.6 Å². The molecule has 1 aromatic carbocycles. The SMILES string of the molecule is CC(CO)O[B]c1c(I)cccc1C(O)CN. The van der Waals surface area contributed by atoms with Crippen LogP contribution in [0, 0.1) is 3.57 Å². The highest BCUT2D eigenvalue weighted by atomic mass is 127. The van der Waals surface area contributed by atoms with Gasteiger partial charge >= 0.3 is 7.48 Å². The van der Waals surface area contributed by atoms with Crippen molar-refractivity contribution in [2.75, 3.05) is 13.2 Å². The Kier molecular flexibility index (Phi) is 6.43. The third-order valence-electron chi connectivity index (χ3n) is 2.34. The number of aliphatic hydroxyl groups excluding tert-OH is 2. The predicted octanol–water partition coefficient (Wildman–Crippen LogP) is -0.0748. The molecular formula is C11H16BINO3. The van der Waals surface area contributed by atoms with Crippen LogP contribution in [0.5, 0.6) is 0 Å². The fourth-order valence-corrected chi connectivity index (χ4v) is 1.97. The molecule has 4 nitrogen and oxygen atoms in total. The van der Waals surface area contributed by atoms with Crippen molar-refractivity contribution in [2.24, 2.45) is 5.73 Å². The summed E-state index contributed by atoms with van der Waals surface area (Å²) in [6, 6.07) is 5.60. The van der Waals surface area contributed by atoms with Gasteiger partial charge in [0, 0.05) is 10.1 Å². The van der Waals surface area contributed by atoms with E-state index >= 15 is 0 Å². The molecule has 0 bridgehead atoms. The van der Waals surface area contributed by atoms with Crippen LogP contribution >= 0.6 is 22.6 Å². The molecule has 93 valence electrons. The van der Waals surface area contributed by atoms with Crippen LogP contribution in [0.4, 0.5) is 0 Å².